The lowest BCUT2D eigenvalue weighted by Crippen LogP contribution is -2.42. The van der Waals surface area contributed by atoms with Crippen LogP contribution in [0.2, 0.25) is 0 Å². The molecular formula is C18H24N2O5. The third kappa shape index (κ3) is 4.58. The number of aliphatic hydroxyl groups excluding tert-OH is 1. The van der Waals surface area contributed by atoms with Gasteiger partial charge in [-0.2, -0.15) is 0 Å². The molecule has 5 N–H and O–H groups in total. The Balaban J connectivity index is 2.39. The van der Waals surface area contributed by atoms with Crippen molar-refractivity contribution in [3.63, 3.8) is 0 Å². The molecule has 3 atom stereocenters. The van der Waals surface area contributed by atoms with E-state index in [-0.39, 0.29) is 0 Å². The van der Waals surface area contributed by atoms with Crippen molar-refractivity contribution in [1.29, 1.82) is 0 Å². The molecule has 3 unspecified atom stereocenters. The van der Waals surface area contributed by atoms with E-state index < -0.39 is 42.0 Å². The molecule has 0 saturated carbocycles. The fourth-order valence-corrected chi connectivity index (χ4v) is 2.78. The van der Waals surface area contributed by atoms with Crippen LogP contribution < -0.4 is 5.73 Å². The highest BCUT2D eigenvalue weighted by atomic mass is 16.6. The van der Waals surface area contributed by atoms with Gasteiger partial charge in [-0.1, -0.05) is 18.2 Å². The van der Waals surface area contributed by atoms with E-state index in [0.717, 1.165) is 10.9 Å². The van der Waals surface area contributed by atoms with E-state index in [1.165, 1.54) is 0 Å². The van der Waals surface area contributed by atoms with Crippen LogP contribution in [0, 0.1) is 5.92 Å². The molecule has 7 heteroatoms. The first-order valence-electron chi connectivity index (χ1n) is 8.04. The minimum Gasteiger partial charge on any atom is -0.481 e. The lowest BCUT2D eigenvalue weighted by Gasteiger charge is -2.29. The van der Waals surface area contributed by atoms with Gasteiger partial charge in [0.05, 0.1) is 12.5 Å². The van der Waals surface area contributed by atoms with Crippen molar-refractivity contribution in [3.8, 4) is 0 Å². The van der Waals surface area contributed by atoms with Gasteiger partial charge in [0.1, 0.15) is 11.5 Å². The average molecular weight is 348 g/mol. The number of hydrogen-bond donors (Lipinski definition) is 4. The molecule has 2 rings (SSSR count). The molecule has 0 aliphatic carbocycles. The number of carbonyl (C=O) groups is 2. The Morgan fingerprint density at radius 2 is 1.92 bits per heavy atom. The van der Waals surface area contributed by atoms with Gasteiger partial charge in [0.15, 0.2) is 0 Å². The number of ether oxygens (including phenoxy) is 1. The summed E-state index contributed by atoms with van der Waals surface area (Å²) >= 11 is 0. The maximum absolute atomic E-state index is 12.6. The van der Waals surface area contributed by atoms with E-state index >= 15 is 0 Å². The van der Waals surface area contributed by atoms with Crippen molar-refractivity contribution in [1.82, 2.24) is 4.98 Å². The number of para-hydroxylation sites is 1. The van der Waals surface area contributed by atoms with E-state index in [2.05, 4.69) is 4.98 Å². The number of carboxylic acid groups (broad SMARTS) is 1. The van der Waals surface area contributed by atoms with E-state index in [4.69, 9.17) is 15.6 Å². The molecule has 0 saturated heterocycles. The molecule has 1 aromatic carbocycles. The molecule has 0 aliphatic heterocycles. The second-order valence-corrected chi connectivity index (χ2v) is 7.04. The highest BCUT2D eigenvalue weighted by molar-refractivity contribution is 5.85. The third-order valence-electron chi connectivity index (χ3n) is 3.84. The van der Waals surface area contributed by atoms with Crippen LogP contribution in [0.25, 0.3) is 10.9 Å². The Bertz CT molecular complexity index is 762. The highest BCUT2D eigenvalue weighted by Crippen LogP contribution is 2.31. The number of nitrogens with one attached hydrogen (secondary N) is 1. The Kier molecular flexibility index (Phi) is 5.49. The molecular weight excluding hydrogens is 324 g/mol. The SMILES string of the molecule is CC(C)(C)OC(=O)C(C(O)CC(=O)O)C(N)c1c[nH]c2ccccc12. The molecule has 0 spiro atoms. The first-order chi connectivity index (χ1) is 11.6. The summed E-state index contributed by atoms with van der Waals surface area (Å²) < 4.78 is 5.35. The first kappa shape index (κ1) is 19.0. The number of aromatic amines is 1. The highest BCUT2D eigenvalue weighted by Gasteiger charge is 2.38. The summed E-state index contributed by atoms with van der Waals surface area (Å²) in [5.74, 6) is -3.14. The summed E-state index contributed by atoms with van der Waals surface area (Å²) in [4.78, 5) is 26.6. The fourth-order valence-electron chi connectivity index (χ4n) is 2.78. The van der Waals surface area contributed by atoms with Crippen LogP contribution in [0.15, 0.2) is 30.5 Å². The molecule has 7 nitrogen and oxygen atoms in total. The third-order valence-corrected chi connectivity index (χ3v) is 3.84. The van der Waals surface area contributed by atoms with Crippen LogP contribution in [0.4, 0.5) is 0 Å². The van der Waals surface area contributed by atoms with Crippen LogP contribution >= 0.6 is 0 Å². The standard InChI is InChI=1S/C18H24N2O5/c1-18(2,3)25-17(24)15(13(21)8-14(22)23)16(19)11-9-20-12-7-5-4-6-10(11)12/h4-7,9,13,15-16,20-21H,8,19H2,1-3H3,(H,22,23). The predicted molar refractivity (Wildman–Crippen MR) is 92.8 cm³/mol. The van der Waals surface area contributed by atoms with Gasteiger partial charge in [-0.25, -0.2) is 0 Å². The maximum atomic E-state index is 12.6. The van der Waals surface area contributed by atoms with E-state index in [1.54, 1.807) is 27.0 Å². The largest absolute Gasteiger partial charge is 0.481 e. The van der Waals surface area contributed by atoms with Crippen LogP contribution in [0.5, 0.6) is 0 Å². The maximum Gasteiger partial charge on any atom is 0.314 e. The monoisotopic (exact) mass is 348 g/mol. The van der Waals surface area contributed by atoms with E-state index in [1.807, 2.05) is 24.3 Å². The van der Waals surface area contributed by atoms with Crippen molar-refractivity contribution < 1.29 is 24.5 Å². The number of nitrogens with two attached hydrogens (primary N) is 1. The van der Waals surface area contributed by atoms with Gasteiger partial charge < -0.3 is 25.7 Å². The summed E-state index contributed by atoms with van der Waals surface area (Å²) in [6, 6.07) is 6.49. The van der Waals surface area contributed by atoms with Gasteiger partial charge in [0.25, 0.3) is 0 Å². The van der Waals surface area contributed by atoms with Crippen molar-refractivity contribution in [2.45, 2.75) is 44.9 Å². The minimum atomic E-state index is -1.46. The zero-order valence-corrected chi connectivity index (χ0v) is 14.5. The number of esters is 1. The minimum absolute atomic E-state index is 0.597. The summed E-state index contributed by atoms with van der Waals surface area (Å²) in [6.07, 6.45) is -0.392. The summed E-state index contributed by atoms with van der Waals surface area (Å²) in [7, 11) is 0. The topological polar surface area (TPSA) is 126 Å². The predicted octanol–water partition coefficient (Wildman–Crippen LogP) is 1.96. The number of aliphatic carboxylic acids is 1. The number of H-pyrrole nitrogens is 1. The molecule has 2 aromatic rings. The Morgan fingerprint density at radius 3 is 2.52 bits per heavy atom. The molecule has 0 bridgehead atoms. The molecule has 25 heavy (non-hydrogen) atoms. The molecule has 1 aromatic heterocycles. The number of carbonyl (C=O) groups excluding carboxylic acids is 1. The number of hydrogen-bond acceptors (Lipinski definition) is 5. The second kappa shape index (κ2) is 7.25. The molecule has 136 valence electrons. The lowest BCUT2D eigenvalue weighted by molar-refractivity contribution is -0.166. The summed E-state index contributed by atoms with van der Waals surface area (Å²) in [6.45, 7) is 5.09. The smallest absolute Gasteiger partial charge is 0.314 e. The van der Waals surface area contributed by atoms with E-state index in [9.17, 15) is 14.7 Å². The second-order valence-electron chi connectivity index (χ2n) is 7.04. The number of rotatable bonds is 6. The van der Waals surface area contributed by atoms with Crippen molar-refractivity contribution in [3.05, 3.63) is 36.0 Å². The van der Waals surface area contributed by atoms with Crippen LogP contribution in [0.3, 0.4) is 0 Å². The average Bonchev–Trinajstić information content (AvgIpc) is 2.88. The first-order valence-corrected chi connectivity index (χ1v) is 8.04. The van der Waals surface area contributed by atoms with Crippen molar-refractivity contribution in [2.75, 3.05) is 0 Å². The van der Waals surface area contributed by atoms with Crippen LogP contribution in [-0.4, -0.2) is 38.8 Å². The van der Waals surface area contributed by atoms with Crippen LogP contribution in [0.1, 0.15) is 38.8 Å². The number of fused-ring (bicyclic) bond motifs is 1. The number of carboxylic acids is 1. The van der Waals surface area contributed by atoms with Gasteiger partial charge in [-0.15, -0.1) is 0 Å². The molecule has 1 heterocycles. The number of aliphatic hydroxyl groups is 1. The van der Waals surface area contributed by atoms with Gasteiger partial charge in [0, 0.05) is 23.1 Å². The van der Waals surface area contributed by atoms with Gasteiger partial charge in [-0.3, -0.25) is 9.59 Å². The molecule has 0 aliphatic rings. The lowest BCUT2D eigenvalue weighted by atomic mass is 9.87. The number of benzene rings is 1. The van der Waals surface area contributed by atoms with Crippen molar-refractivity contribution >= 4 is 22.8 Å². The van der Waals surface area contributed by atoms with Gasteiger partial charge in [0.2, 0.25) is 0 Å². The normalized spacial score (nSPS) is 15.6. The van der Waals surface area contributed by atoms with Crippen LogP contribution in [-0.2, 0) is 14.3 Å². The Morgan fingerprint density at radius 1 is 1.28 bits per heavy atom. The molecule has 0 radical (unpaired) electrons. The van der Waals surface area contributed by atoms with Gasteiger partial charge in [-0.05, 0) is 32.4 Å². The van der Waals surface area contributed by atoms with E-state index in [0.29, 0.717) is 5.56 Å². The zero-order valence-electron chi connectivity index (χ0n) is 14.5. The molecule has 0 amide bonds. The van der Waals surface area contributed by atoms with Crippen molar-refractivity contribution in [2.24, 2.45) is 11.7 Å². The van der Waals surface area contributed by atoms with Gasteiger partial charge >= 0.3 is 11.9 Å². The molecule has 0 fully saturated rings. The fraction of sp³-hybridized carbons (Fsp3) is 0.444. The Hall–Kier alpha value is -2.38. The Labute approximate surface area is 145 Å². The quantitative estimate of drug-likeness (QED) is 0.591. The number of aromatic nitrogens is 1. The summed E-state index contributed by atoms with van der Waals surface area (Å²) in [5.41, 5.74) is 6.95. The zero-order chi connectivity index (χ0) is 18.8. The summed E-state index contributed by atoms with van der Waals surface area (Å²) in [5, 5.41) is 20.1.